The van der Waals surface area contributed by atoms with Crippen molar-refractivity contribution < 1.29 is 4.74 Å². The van der Waals surface area contributed by atoms with Gasteiger partial charge in [0.25, 0.3) is 0 Å². The molecule has 1 N–H and O–H groups in total. The first-order valence-electron chi connectivity index (χ1n) is 6.44. The van der Waals surface area contributed by atoms with Crippen molar-refractivity contribution in [2.45, 2.75) is 34.2 Å². The number of aryl methyl sites for hydroxylation is 2. The van der Waals surface area contributed by atoms with Gasteiger partial charge in [-0.15, -0.1) is 0 Å². The first-order valence-corrected chi connectivity index (χ1v) is 6.44. The zero-order valence-electron chi connectivity index (χ0n) is 11.5. The predicted octanol–water partition coefficient (Wildman–Crippen LogP) is 3.07. The summed E-state index contributed by atoms with van der Waals surface area (Å²) in [6.45, 7) is 12.1. The summed E-state index contributed by atoms with van der Waals surface area (Å²) in [5.41, 5.74) is 4.06. The fraction of sp³-hybridized carbons (Fsp3) is 0.600. The summed E-state index contributed by atoms with van der Waals surface area (Å²) < 4.78 is 5.51. The Labute approximate surface area is 105 Å². The van der Waals surface area contributed by atoms with E-state index in [9.17, 15) is 0 Å². The number of rotatable bonds is 7. The van der Waals surface area contributed by atoms with Crippen LogP contribution in [-0.2, 0) is 11.3 Å². The zero-order valence-corrected chi connectivity index (χ0v) is 11.5. The van der Waals surface area contributed by atoms with E-state index in [0.717, 1.165) is 26.3 Å². The van der Waals surface area contributed by atoms with Gasteiger partial charge < -0.3 is 10.1 Å². The van der Waals surface area contributed by atoms with Crippen molar-refractivity contribution in [3.8, 4) is 0 Å². The minimum atomic E-state index is 0.620. The Balaban J connectivity index is 2.16. The minimum absolute atomic E-state index is 0.620. The van der Waals surface area contributed by atoms with Crippen LogP contribution in [0.4, 0.5) is 0 Å². The second-order valence-corrected chi connectivity index (χ2v) is 5.06. The molecule has 0 aliphatic rings. The molecule has 0 heterocycles. The minimum Gasteiger partial charge on any atom is -0.380 e. The number of nitrogens with one attached hydrogen (secondary N) is 1. The summed E-state index contributed by atoms with van der Waals surface area (Å²) in [5.74, 6) is 0.620. The average molecular weight is 235 g/mol. The van der Waals surface area contributed by atoms with E-state index in [1.165, 1.54) is 16.7 Å². The van der Waals surface area contributed by atoms with Crippen molar-refractivity contribution >= 4 is 0 Å². The Morgan fingerprint density at radius 2 is 1.94 bits per heavy atom. The van der Waals surface area contributed by atoms with Gasteiger partial charge in [0.1, 0.15) is 0 Å². The SMILES string of the molecule is Cc1ccc(CNCCOCC(C)C)cc1C. The maximum atomic E-state index is 5.51. The van der Waals surface area contributed by atoms with E-state index in [-0.39, 0.29) is 0 Å². The molecule has 17 heavy (non-hydrogen) atoms. The van der Waals surface area contributed by atoms with Gasteiger partial charge in [0.05, 0.1) is 6.61 Å². The van der Waals surface area contributed by atoms with Crippen LogP contribution in [0, 0.1) is 19.8 Å². The van der Waals surface area contributed by atoms with Crippen LogP contribution in [0.25, 0.3) is 0 Å². The molecule has 0 bridgehead atoms. The lowest BCUT2D eigenvalue weighted by Crippen LogP contribution is -2.20. The highest BCUT2D eigenvalue weighted by Gasteiger charge is 1.97. The normalized spacial score (nSPS) is 11.1. The third-order valence-corrected chi connectivity index (χ3v) is 2.77. The van der Waals surface area contributed by atoms with Crippen LogP contribution in [0.2, 0.25) is 0 Å². The first kappa shape index (κ1) is 14.2. The maximum Gasteiger partial charge on any atom is 0.0591 e. The van der Waals surface area contributed by atoms with Gasteiger partial charge in [0, 0.05) is 19.7 Å². The van der Waals surface area contributed by atoms with E-state index >= 15 is 0 Å². The van der Waals surface area contributed by atoms with E-state index < -0.39 is 0 Å². The molecule has 0 spiro atoms. The Hall–Kier alpha value is -0.860. The Morgan fingerprint density at radius 3 is 2.59 bits per heavy atom. The number of hydrogen-bond acceptors (Lipinski definition) is 2. The van der Waals surface area contributed by atoms with Crippen LogP contribution >= 0.6 is 0 Å². The fourth-order valence-electron chi connectivity index (χ4n) is 1.61. The van der Waals surface area contributed by atoms with E-state index in [1.807, 2.05) is 0 Å². The molecule has 2 nitrogen and oxygen atoms in total. The van der Waals surface area contributed by atoms with Gasteiger partial charge in [-0.1, -0.05) is 32.0 Å². The zero-order chi connectivity index (χ0) is 12.7. The molecule has 0 saturated carbocycles. The molecule has 0 saturated heterocycles. The summed E-state index contributed by atoms with van der Waals surface area (Å²) in [6, 6.07) is 6.61. The number of benzene rings is 1. The summed E-state index contributed by atoms with van der Waals surface area (Å²) in [6.07, 6.45) is 0. The van der Waals surface area contributed by atoms with Gasteiger partial charge in [-0.3, -0.25) is 0 Å². The van der Waals surface area contributed by atoms with Crippen LogP contribution < -0.4 is 5.32 Å². The molecular formula is C15H25NO. The van der Waals surface area contributed by atoms with E-state index in [1.54, 1.807) is 0 Å². The second-order valence-electron chi connectivity index (χ2n) is 5.06. The van der Waals surface area contributed by atoms with Gasteiger partial charge in [0.2, 0.25) is 0 Å². The van der Waals surface area contributed by atoms with Crippen LogP contribution in [-0.4, -0.2) is 19.8 Å². The van der Waals surface area contributed by atoms with Crippen LogP contribution in [0.3, 0.4) is 0 Å². The second kappa shape index (κ2) is 7.46. The Kier molecular flexibility index (Phi) is 6.23. The molecule has 2 heteroatoms. The van der Waals surface area contributed by atoms with Crippen molar-refractivity contribution in [3.05, 3.63) is 34.9 Å². The highest BCUT2D eigenvalue weighted by atomic mass is 16.5. The van der Waals surface area contributed by atoms with Crippen molar-refractivity contribution in [3.63, 3.8) is 0 Å². The molecule has 0 fully saturated rings. The average Bonchev–Trinajstić information content (AvgIpc) is 2.27. The van der Waals surface area contributed by atoms with Crippen LogP contribution in [0.15, 0.2) is 18.2 Å². The molecule has 0 unspecified atom stereocenters. The van der Waals surface area contributed by atoms with Crippen LogP contribution in [0.1, 0.15) is 30.5 Å². The molecule has 1 aromatic rings. The molecule has 96 valence electrons. The molecule has 0 aliphatic carbocycles. The highest BCUT2D eigenvalue weighted by molar-refractivity contribution is 5.29. The lowest BCUT2D eigenvalue weighted by Gasteiger charge is -2.09. The molecule has 0 aromatic heterocycles. The van der Waals surface area contributed by atoms with Crippen molar-refractivity contribution in [1.29, 1.82) is 0 Å². The monoisotopic (exact) mass is 235 g/mol. The molecular weight excluding hydrogens is 210 g/mol. The van der Waals surface area contributed by atoms with Crippen LogP contribution in [0.5, 0.6) is 0 Å². The molecule has 1 rings (SSSR count). The summed E-state index contributed by atoms with van der Waals surface area (Å²) in [5, 5.41) is 3.40. The predicted molar refractivity (Wildman–Crippen MR) is 73.3 cm³/mol. The summed E-state index contributed by atoms with van der Waals surface area (Å²) in [4.78, 5) is 0. The lowest BCUT2D eigenvalue weighted by molar-refractivity contribution is 0.111. The van der Waals surface area contributed by atoms with E-state index in [2.05, 4.69) is 51.2 Å². The topological polar surface area (TPSA) is 21.3 Å². The van der Waals surface area contributed by atoms with Gasteiger partial charge >= 0.3 is 0 Å². The molecule has 1 aromatic carbocycles. The largest absolute Gasteiger partial charge is 0.380 e. The Morgan fingerprint density at radius 1 is 1.18 bits per heavy atom. The van der Waals surface area contributed by atoms with E-state index in [0.29, 0.717) is 5.92 Å². The lowest BCUT2D eigenvalue weighted by atomic mass is 10.1. The standard InChI is InChI=1S/C15H25NO/c1-12(2)11-17-8-7-16-10-15-6-5-13(3)14(4)9-15/h5-6,9,12,16H,7-8,10-11H2,1-4H3. The highest BCUT2D eigenvalue weighted by Crippen LogP contribution is 2.09. The third-order valence-electron chi connectivity index (χ3n) is 2.77. The van der Waals surface area contributed by atoms with Gasteiger partial charge in [0.15, 0.2) is 0 Å². The van der Waals surface area contributed by atoms with Crippen molar-refractivity contribution in [2.24, 2.45) is 5.92 Å². The molecule has 0 amide bonds. The Bertz CT molecular complexity index is 334. The summed E-state index contributed by atoms with van der Waals surface area (Å²) >= 11 is 0. The first-order chi connectivity index (χ1) is 8.09. The smallest absolute Gasteiger partial charge is 0.0591 e. The van der Waals surface area contributed by atoms with Crippen molar-refractivity contribution in [2.75, 3.05) is 19.8 Å². The quantitative estimate of drug-likeness (QED) is 0.733. The van der Waals surface area contributed by atoms with E-state index in [4.69, 9.17) is 4.74 Å². The van der Waals surface area contributed by atoms with Gasteiger partial charge in [-0.25, -0.2) is 0 Å². The maximum absolute atomic E-state index is 5.51. The molecule has 0 aliphatic heterocycles. The van der Waals surface area contributed by atoms with Crippen molar-refractivity contribution in [1.82, 2.24) is 5.32 Å². The molecule has 0 radical (unpaired) electrons. The van der Waals surface area contributed by atoms with Gasteiger partial charge in [-0.05, 0) is 36.5 Å². The molecule has 0 atom stereocenters. The summed E-state index contributed by atoms with van der Waals surface area (Å²) in [7, 11) is 0. The third kappa shape index (κ3) is 5.85. The number of ether oxygens (including phenoxy) is 1. The number of hydrogen-bond donors (Lipinski definition) is 1. The van der Waals surface area contributed by atoms with Gasteiger partial charge in [-0.2, -0.15) is 0 Å². The fourth-order valence-corrected chi connectivity index (χ4v) is 1.61.